The van der Waals surface area contributed by atoms with Crippen molar-refractivity contribution in [3.8, 4) is 0 Å². The standard InChI is InChI=1S/C33H33ClFN3O4S/c1-2-20-36-33(40)31(21-25-12-5-3-6-13-25)37(23-26-14-9-10-19-30(26)35)32(39)24-38(28-16-11-15-27(34)22-28)43(41,42)29-17-7-4-8-18-29/h3-19,22,31H,2,20-21,23-24H2,1H3,(H,36,40)/t31-/m1/s1. The molecule has 43 heavy (non-hydrogen) atoms. The highest BCUT2D eigenvalue weighted by atomic mass is 35.5. The number of carbonyl (C=O) groups excluding carboxylic acids is 2. The zero-order chi connectivity index (χ0) is 30.8. The van der Waals surface area contributed by atoms with Crippen molar-refractivity contribution < 1.29 is 22.4 Å². The highest BCUT2D eigenvalue weighted by Crippen LogP contribution is 2.27. The third-order valence-corrected chi connectivity index (χ3v) is 8.85. The van der Waals surface area contributed by atoms with Gasteiger partial charge in [-0.1, -0.05) is 91.3 Å². The van der Waals surface area contributed by atoms with E-state index < -0.39 is 40.2 Å². The lowest BCUT2D eigenvalue weighted by Gasteiger charge is -2.34. The van der Waals surface area contributed by atoms with Gasteiger partial charge >= 0.3 is 0 Å². The molecule has 10 heteroatoms. The number of benzene rings is 4. The Labute approximate surface area is 257 Å². The van der Waals surface area contributed by atoms with E-state index in [1.165, 1.54) is 47.4 Å². The summed E-state index contributed by atoms with van der Waals surface area (Å²) in [5.74, 6) is -1.65. The molecule has 1 N–H and O–H groups in total. The van der Waals surface area contributed by atoms with E-state index in [-0.39, 0.29) is 34.1 Å². The Balaban J connectivity index is 1.80. The van der Waals surface area contributed by atoms with Gasteiger partial charge in [0, 0.05) is 30.1 Å². The quantitative estimate of drug-likeness (QED) is 0.203. The predicted molar refractivity (Wildman–Crippen MR) is 167 cm³/mol. The number of nitrogens with one attached hydrogen (secondary N) is 1. The molecule has 0 heterocycles. The Bertz CT molecular complexity index is 1640. The molecule has 0 aliphatic rings. The number of hydrogen-bond donors (Lipinski definition) is 1. The van der Waals surface area contributed by atoms with Gasteiger partial charge in [0.25, 0.3) is 10.0 Å². The molecule has 2 amide bonds. The normalized spacial score (nSPS) is 11.9. The largest absolute Gasteiger partial charge is 0.354 e. The van der Waals surface area contributed by atoms with Crippen LogP contribution in [-0.4, -0.2) is 44.3 Å². The fourth-order valence-corrected chi connectivity index (χ4v) is 6.22. The van der Waals surface area contributed by atoms with Gasteiger partial charge in [-0.2, -0.15) is 0 Å². The van der Waals surface area contributed by atoms with E-state index in [2.05, 4.69) is 5.32 Å². The second kappa shape index (κ2) is 14.8. The van der Waals surface area contributed by atoms with Crippen LogP contribution in [0.1, 0.15) is 24.5 Å². The lowest BCUT2D eigenvalue weighted by Crippen LogP contribution is -2.53. The zero-order valence-corrected chi connectivity index (χ0v) is 25.3. The molecule has 0 spiro atoms. The number of carbonyl (C=O) groups is 2. The number of rotatable bonds is 13. The van der Waals surface area contributed by atoms with Gasteiger partial charge in [0.15, 0.2) is 0 Å². The maximum absolute atomic E-state index is 14.9. The predicted octanol–water partition coefficient (Wildman–Crippen LogP) is 5.84. The van der Waals surface area contributed by atoms with Crippen LogP contribution in [0.15, 0.2) is 114 Å². The minimum Gasteiger partial charge on any atom is -0.354 e. The van der Waals surface area contributed by atoms with Crippen LogP contribution < -0.4 is 9.62 Å². The van der Waals surface area contributed by atoms with Gasteiger partial charge in [-0.05, 0) is 48.4 Å². The van der Waals surface area contributed by atoms with Gasteiger partial charge in [0.05, 0.1) is 10.6 Å². The summed E-state index contributed by atoms with van der Waals surface area (Å²) in [5.41, 5.74) is 1.15. The SMILES string of the molecule is CCCNC(=O)[C@@H](Cc1ccccc1)N(Cc1ccccc1F)C(=O)CN(c1cccc(Cl)c1)S(=O)(=O)c1ccccc1. The van der Waals surface area contributed by atoms with Crippen LogP contribution in [-0.2, 0) is 32.6 Å². The summed E-state index contributed by atoms with van der Waals surface area (Å²) in [7, 11) is -4.25. The highest BCUT2D eigenvalue weighted by molar-refractivity contribution is 7.92. The maximum atomic E-state index is 14.9. The van der Waals surface area contributed by atoms with E-state index in [0.29, 0.717) is 13.0 Å². The van der Waals surface area contributed by atoms with Gasteiger partial charge in [-0.3, -0.25) is 13.9 Å². The highest BCUT2D eigenvalue weighted by Gasteiger charge is 2.35. The van der Waals surface area contributed by atoms with Crippen molar-refractivity contribution in [1.29, 1.82) is 0 Å². The van der Waals surface area contributed by atoms with Gasteiger partial charge in [0.2, 0.25) is 11.8 Å². The first-order valence-corrected chi connectivity index (χ1v) is 15.7. The molecule has 0 fully saturated rings. The van der Waals surface area contributed by atoms with E-state index >= 15 is 0 Å². The van der Waals surface area contributed by atoms with Crippen LogP contribution in [0.3, 0.4) is 0 Å². The fraction of sp³-hybridized carbons (Fsp3) is 0.212. The topological polar surface area (TPSA) is 86.8 Å². The van der Waals surface area contributed by atoms with Crippen LogP contribution in [0.5, 0.6) is 0 Å². The third-order valence-electron chi connectivity index (χ3n) is 6.83. The Hall–Kier alpha value is -4.21. The molecule has 0 bridgehead atoms. The Morgan fingerprint density at radius 2 is 1.53 bits per heavy atom. The van der Waals surface area contributed by atoms with Crippen LogP contribution in [0.4, 0.5) is 10.1 Å². The second-order valence-electron chi connectivity index (χ2n) is 9.91. The lowest BCUT2D eigenvalue weighted by molar-refractivity contribution is -0.140. The van der Waals surface area contributed by atoms with E-state index in [1.807, 2.05) is 37.3 Å². The van der Waals surface area contributed by atoms with Crippen molar-refractivity contribution >= 4 is 39.1 Å². The van der Waals surface area contributed by atoms with Crippen molar-refractivity contribution in [3.63, 3.8) is 0 Å². The molecule has 7 nitrogen and oxygen atoms in total. The average molecular weight is 622 g/mol. The first kappa shape index (κ1) is 31.7. The molecule has 0 aliphatic heterocycles. The number of halogens is 2. The van der Waals surface area contributed by atoms with Gasteiger partial charge in [-0.25, -0.2) is 12.8 Å². The molecule has 4 aromatic rings. The summed E-state index contributed by atoms with van der Waals surface area (Å²) in [5, 5.41) is 3.14. The van der Waals surface area contributed by atoms with E-state index in [9.17, 15) is 22.4 Å². The molecule has 0 aromatic heterocycles. The molecule has 0 radical (unpaired) electrons. The summed E-state index contributed by atoms with van der Waals surface area (Å²) in [6.07, 6.45) is 0.808. The van der Waals surface area contributed by atoms with Crippen molar-refractivity contribution in [2.24, 2.45) is 0 Å². The summed E-state index contributed by atoms with van der Waals surface area (Å²) in [6, 6.07) is 28.0. The molecule has 0 aliphatic carbocycles. The number of amides is 2. The molecular weight excluding hydrogens is 589 g/mol. The average Bonchev–Trinajstić information content (AvgIpc) is 3.02. The summed E-state index contributed by atoms with van der Waals surface area (Å²) in [4.78, 5) is 29.1. The van der Waals surface area contributed by atoms with E-state index in [4.69, 9.17) is 11.6 Å². The first-order valence-electron chi connectivity index (χ1n) is 13.9. The fourth-order valence-electron chi connectivity index (χ4n) is 4.61. The molecule has 0 saturated carbocycles. The Kier molecular flexibility index (Phi) is 10.9. The van der Waals surface area contributed by atoms with Crippen LogP contribution in [0, 0.1) is 5.82 Å². The first-order chi connectivity index (χ1) is 20.7. The van der Waals surface area contributed by atoms with Crippen molar-refractivity contribution in [2.75, 3.05) is 17.4 Å². The van der Waals surface area contributed by atoms with Crippen molar-refractivity contribution in [3.05, 3.63) is 131 Å². The summed E-state index contributed by atoms with van der Waals surface area (Å²) < 4.78 is 43.7. The summed E-state index contributed by atoms with van der Waals surface area (Å²) >= 11 is 6.23. The molecule has 1 atom stereocenters. The van der Waals surface area contributed by atoms with Gasteiger partial charge in [-0.15, -0.1) is 0 Å². The molecule has 224 valence electrons. The van der Waals surface area contributed by atoms with Crippen LogP contribution in [0.25, 0.3) is 0 Å². The van der Waals surface area contributed by atoms with E-state index in [1.54, 1.807) is 36.4 Å². The van der Waals surface area contributed by atoms with Crippen LogP contribution >= 0.6 is 11.6 Å². The number of hydrogen-bond acceptors (Lipinski definition) is 4. The summed E-state index contributed by atoms with van der Waals surface area (Å²) in [6.45, 7) is 1.38. The van der Waals surface area contributed by atoms with Crippen LogP contribution in [0.2, 0.25) is 5.02 Å². The molecule has 0 saturated heterocycles. The zero-order valence-electron chi connectivity index (χ0n) is 23.7. The Morgan fingerprint density at radius 3 is 2.19 bits per heavy atom. The molecular formula is C33H33ClFN3O4S. The smallest absolute Gasteiger partial charge is 0.264 e. The number of nitrogens with zero attached hydrogens (tertiary/aromatic N) is 2. The molecule has 0 unspecified atom stereocenters. The maximum Gasteiger partial charge on any atom is 0.264 e. The molecule has 4 rings (SSSR count). The second-order valence-corrected chi connectivity index (χ2v) is 12.2. The van der Waals surface area contributed by atoms with Crippen molar-refractivity contribution in [1.82, 2.24) is 10.2 Å². The lowest BCUT2D eigenvalue weighted by atomic mass is 10.0. The van der Waals surface area contributed by atoms with Crippen molar-refractivity contribution in [2.45, 2.75) is 37.2 Å². The minimum atomic E-state index is -4.25. The van der Waals surface area contributed by atoms with Gasteiger partial charge in [0.1, 0.15) is 18.4 Å². The number of sulfonamides is 1. The van der Waals surface area contributed by atoms with E-state index in [0.717, 1.165) is 9.87 Å². The monoisotopic (exact) mass is 621 g/mol. The Morgan fingerprint density at radius 1 is 0.884 bits per heavy atom. The third kappa shape index (κ3) is 8.21. The number of anilines is 1. The molecule has 4 aromatic carbocycles. The minimum absolute atomic E-state index is 0.0232. The van der Waals surface area contributed by atoms with Gasteiger partial charge < -0.3 is 10.2 Å².